The number of benzene rings is 1. The van der Waals surface area contributed by atoms with Crippen LogP contribution in [0.1, 0.15) is 23.7 Å². The lowest BCUT2D eigenvalue weighted by Crippen LogP contribution is -2.13. The quantitative estimate of drug-likeness (QED) is 0.879. The van der Waals surface area contributed by atoms with Crippen molar-refractivity contribution in [1.82, 2.24) is 4.98 Å². The number of aromatic nitrogens is 1. The largest absolute Gasteiger partial charge is 0.370 e. The maximum absolute atomic E-state index is 13.0. The zero-order valence-corrected chi connectivity index (χ0v) is 12.2. The first kappa shape index (κ1) is 15.3. The Bertz CT molecular complexity index is 649. The van der Waals surface area contributed by atoms with Crippen LogP contribution >= 0.6 is 11.6 Å². The van der Waals surface area contributed by atoms with Crippen molar-refractivity contribution < 1.29 is 9.18 Å². The summed E-state index contributed by atoms with van der Waals surface area (Å²) < 4.78 is 13.0. The van der Waals surface area contributed by atoms with Crippen LogP contribution in [0.4, 0.5) is 15.9 Å². The molecule has 0 saturated carbocycles. The topological polar surface area (TPSA) is 54.0 Å². The lowest BCUT2D eigenvalue weighted by atomic mass is 10.2. The number of nitrogens with zero attached hydrogens (tertiary/aromatic N) is 1. The molecule has 2 rings (SSSR count). The van der Waals surface area contributed by atoms with Crippen molar-refractivity contribution in [1.29, 1.82) is 0 Å². The highest BCUT2D eigenvalue weighted by Crippen LogP contribution is 2.23. The molecule has 0 spiro atoms. The Kier molecular flexibility index (Phi) is 5.11. The standard InChI is InChI=1S/C15H15ClFN3O/c1-2-6-18-14-8-10(5-7-19-14)15(21)20-13-4-3-11(17)9-12(13)16/h3-5,7-9H,2,6H2,1H3,(H,18,19)(H,20,21). The van der Waals surface area contributed by atoms with E-state index in [0.29, 0.717) is 17.1 Å². The Morgan fingerprint density at radius 1 is 1.33 bits per heavy atom. The summed E-state index contributed by atoms with van der Waals surface area (Å²) >= 11 is 5.88. The van der Waals surface area contributed by atoms with Crippen molar-refractivity contribution >= 4 is 29.0 Å². The SMILES string of the molecule is CCCNc1cc(C(=O)Nc2ccc(F)cc2Cl)ccn1. The molecule has 0 saturated heterocycles. The molecule has 21 heavy (non-hydrogen) atoms. The van der Waals surface area contributed by atoms with Crippen LogP contribution in [0, 0.1) is 5.82 Å². The maximum Gasteiger partial charge on any atom is 0.255 e. The molecule has 0 aliphatic rings. The summed E-state index contributed by atoms with van der Waals surface area (Å²) in [6.07, 6.45) is 2.52. The van der Waals surface area contributed by atoms with Crippen LogP contribution in [0.15, 0.2) is 36.5 Å². The highest BCUT2D eigenvalue weighted by atomic mass is 35.5. The maximum atomic E-state index is 13.0. The zero-order chi connectivity index (χ0) is 15.2. The second-order valence-corrected chi connectivity index (χ2v) is 4.84. The highest BCUT2D eigenvalue weighted by molar-refractivity contribution is 6.33. The second kappa shape index (κ2) is 7.04. The van der Waals surface area contributed by atoms with Crippen LogP contribution in [0.5, 0.6) is 0 Å². The molecule has 0 unspecified atom stereocenters. The van der Waals surface area contributed by atoms with Crippen molar-refractivity contribution in [2.75, 3.05) is 17.2 Å². The third-order valence-corrected chi connectivity index (χ3v) is 3.07. The van der Waals surface area contributed by atoms with Gasteiger partial charge in [0, 0.05) is 18.3 Å². The molecule has 1 aromatic carbocycles. The lowest BCUT2D eigenvalue weighted by Gasteiger charge is -2.09. The summed E-state index contributed by atoms with van der Waals surface area (Å²) in [4.78, 5) is 16.3. The van der Waals surface area contributed by atoms with E-state index in [9.17, 15) is 9.18 Å². The van der Waals surface area contributed by atoms with Gasteiger partial charge in [-0.1, -0.05) is 18.5 Å². The number of hydrogen-bond acceptors (Lipinski definition) is 3. The average Bonchev–Trinajstić information content (AvgIpc) is 2.48. The van der Waals surface area contributed by atoms with Crippen LogP contribution in [0.3, 0.4) is 0 Å². The van der Waals surface area contributed by atoms with E-state index >= 15 is 0 Å². The Labute approximate surface area is 127 Å². The fourth-order valence-electron chi connectivity index (χ4n) is 1.71. The van der Waals surface area contributed by atoms with E-state index in [1.807, 2.05) is 6.92 Å². The predicted octanol–water partition coefficient (Wildman–Crippen LogP) is 3.95. The fraction of sp³-hybridized carbons (Fsp3) is 0.200. The van der Waals surface area contributed by atoms with Crippen LogP contribution in [0.25, 0.3) is 0 Å². The van der Waals surface area contributed by atoms with Crippen LogP contribution in [-0.2, 0) is 0 Å². The predicted molar refractivity (Wildman–Crippen MR) is 82.4 cm³/mol. The smallest absolute Gasteiger partial charge is 0.255 e. The summed E-state index contributed by atoms with van der Waals surface area (Å²) in [6.45, 7) is 2.82. The number of anilines is 2. The molecule has 0 aliphatic carbocycles. The number of amides is 1. The third kappa shape index (κ3) is 4.16. The molecule has 6 heteroatoms. The van der Waals surface area contributed by atoms with Gasteiger partial charge in [0.15, 0.2) is 0 Å². The third-order valence-electron chi connectivity index (χ3n) is 2.76. The lowest BCUT2D eigenvalue weighted by molar-refractivity contribution is 0.102. The Morgan fingerprint density at radius 2 is 2.14 bits per heavy atom. The minimum Gasteiger partial charge on any atom is -0.370 e. The minimum atomic E-state index is -0.451. The molecular formula is C15H15ClFN3O. The number of hydrogen-bond donors (Lipinski definition) is 2. The Hall–Kier alpha value is -2.14. The van der Waals surface area contributed by atoms with Gasteiger partial charge in [-0.15, -0.1) is 0 Å². The molecular weight excluding hydrogens is 293 g/mol. The van der Waals surface area contributed by atoms with Crippen molar-refractivity contribution in [2.45, 2.75) is 13.3 Å². The molecule has 1 aromatic heterocycles. The number of pyridine rings is 1. The summed E-state index contributed by atoms with van der Waals surface area (Å²) in [6, 6.07) is 7.07. The number of carbonyl (C=O) groups is 1. The summed E-state index contributed by atoms with van der Waals surface area (Å²) in [5.74, 6) is -0.145. The van der Waals surface area contributed by atoms with E-state index in [1.54, 1.807) is 18.3 Å². The average molecular weight is 308 g/mol. The number of nitrogens with one attached hydrogen (secondary N) is 2. The van der Waals surface area contributed by atoms with E-state index in [0.717, 1.165) is 19.0 Å². The number of carbonyl (C=O) groups excluding carboxylic acids is 1. The molecule has 0 fully saturated rings. The van der Waals surface area contributed by atoms with Crippen LogP contribution < -0.4 is 10.6 Å². The van der Waals surface area contributed by atoms with Crippen LogP contribution in [0.2, 0.25) is 5.02 Å². The van der Waals surface area contributed by atoms with Crippen molar-refractivity contribution in [3.05, 3.63) is 52.9 Å². The summed E-state index contributed by atoms with van der Waals surface area (Å²) in [5, 5.41) is 5.90. The van der Waals surface area contributed by atoms with Crippen molar-refractivity contribution in [3.63, 3.8) is 0 Å². The minimum absolute atomic E-state index is 0.154. The normalized spacial score (nSPS) is 10.2. The van der Waals surface area contributed by atoms with E-state index in [1.165, 1.54) is 12.1 Å². The van der Waals surface area contributed by atoms with Gasteiger partial charge in [-0.25, -0.2) is 9.37 Å². The van der Waals surface area contributed by atoms with Gasteiger partial charge >= 0.3 is 0 Å². The summed E-state index contributed by atoms with van der Waals surface area (Å²) in [5.41, 5.74) is 0.812. The van der Waals surface area contributed by atoms with Gasteiger partial charge in [-0.2, -0.15) is 0 Å². The summed E-state index contributed by atoms with van der Waals surface area (Å²) in [7, 11) is 0. The highest BCUT2D eigenvalue weighted by Gasteiger charge is 2.10. The first-order valence-corrected chi connectivity index (χ1v) is 6.94. The van der Waals surface area contributed by atoms with E-state index in [4.69, 9.17) is 11.6 Å². The molecule has 1 amide bonds. The van der Waals surface area contributed by atoms with Gasteiger partial charge in [0.05, 0.1) is 10.7 Å². The van der Waals surface area contributed by atoms with Gasteiger partial charge in [-0.3, -0.25) is 4.79 Å². The van der Waals surface area contributed by atoms with Gasteiger partial charge in [0.25, 0.3) is 5.91 Å². The van der Waals surface area contributed by atoms with Gasteiger partial charge in [0.1, 0.15) is 11.6 Å². The fourth-order valence-corrected chi connectivity index (χ4v) is 1.92. The van der Waals surface area contributed by atoms with Crippen LogP contribution in [-0.4, -0.2) is 17.4 Å². The molecule has 2 aromatic rings. The van der Waals surface area contributed by atoms with Gasteiger partial charge in [0.2, 0.25) is 0 Å². The van der Waals surface area contributed by atoms with E-state index < -0.39 is 5.82 Å². The molecule has 4 nitrogen and oxygen atoms in total. The molecule has 0 bridgehead atoms. The second-order valence-electron chi connectivity index (χ2n) is 4.43. The molecule has 1 heterocycles. The molecule has 2 N–H and O–H groups in total. The Morgan fingerprint density at radius 3 is 2.86 bits per heavy atom. The van der Waals surface area contributed by atoms with E-state index in [2.05, 4.69) is 15.6 Å². The monoisotopic (exact) mass is 307 g/mol. The Balaban J connectivity index is 2.12. The first-order chi connectivity index (χ1) is 10.1. The number of halogens is 2. The van der Waals surface area contributed by atoms with Crippen molar-refractivity contribution in [2.24, 2.45) is 0 Å². The van der Waals surface area contributed by atoms with Gasteiger partial charge < -0.3 is 10.6 Å². The molecule has 110 valence electrons. The molecule has 0 radical (unpaired) electrons. The number of rotatable bonds is 5. The van der Waals surface area contributed by atoms with Crippen molar-refractivity contribution in [3.8, 4) is 0 Å². The molecule has 0 aliphatic heterocycles. The van der Waals surface area contributed by atoms with Gasteiger partial charge in [-0.05, 0) is 36.8 Å². The van der Waals surface area contributed by atoms with E-state index in [-0.39, 0.29) is 10.9 Å². The molecule has 0 atom stereocenters. The first-order valence-electron chi connectivity index (χ1n) is 6.56. The zero-order valence-electron chi connectivity index (χ0n) is 11.5.